The van der Waals surface area contributed by atoms with E-state index >= 15 is 0 Å². The molecule has 3 heteroatoms. The third kappa shape index (κ3) is 3.13. The first-order valence-electron chi connectivity index (χ1n) is 7.11. The fraction of sp³-hybridized carbons (Fsp3) is 0.222. The molecule has 1 N–H and O–H groups in total. The maximum absolute atomic E-state index is 6.48. The van der Waals surface area contributed by atoms with Crippen LogP contribution in [-0.4, -0.2) is 0 Å². The lowest BCUT2D eigenvalue weighted by Gasteiger charge is -2.14. The van der Waals surface area contributed by atoms with Crippen molar-refractivity contribution in [2.45, 2.75) is 26.4 Å². The third-order valence-corrected chi connectivity index (χ3v) is 5.43. The van der Waals surface area contributed by atoms with Crippen molar-refractivity contribution in [3.8, 4) is 0 Å². The van der Waals surface area contributed by atoms with Crippen LogP contribution >= 0.6 is 22.9 Å². The Kier molecular flexibility index (Phi) is 4.29. The van der Waals surface area contributed by atoms with E-state index in [9.17, 15) is 0 Å². The number of halogens is 1. The highest BCUT2D eigenvalue weighted by molar-refractivity contribution is 7.19. The summed E-state index contributed by atoms with van der Waals surface area (Å²) in [6.07, 6.45) is 0. The summed E-state index contributed by atoms with van der Waals surface area (Å²) in [5, 5.41) is 5.62. The first-order valence-corrected chi connectivity index (χ1v) is 8.30. The number of fused-ring (bicyclic) bond motifs is 1. The van der Waals surface area contributed by atoms with Crippen molar-refractivity contribution in [2.24, 2.45) is 0 Å². The average molecular weight is 316 g/mol. The number of hydrogen-bond acceptors (Lipinski definition) is 2. The van der Waals surface area contributed by atoms with Gasteiger partial charge in [-0.1, -0.05) is 59.6 Å². The highest BCUT2D eigenvalue weighted by Crippen LogP contribution is 2.35. The molecule has 0 spiro atoms. The number of benzene rings is 2. The minimum Gasteiger partial charge on any atom is -0.305 e. The normalized spacial score (nSPS) is 12.7. The van der Waals surface area contributed by atoms with E-state index in [1.807, 2.05) is 6.07 Å². The van der Waals surface area contributed by atoms with Crippen LogP contribution < -0.4 is 5.32 Å². The Labute approximate surface area is 134 Å². The Morgan fingerprint density at radius 2 is 1.95 bits per heavy atom. The molecule has 1 heterocycles. The van der Waals surface area contributed by atoms with E-state index in [0.29, 0.717) is 6.04 Å². The van der Waals surface area contributed by atoms with Gasteiger partial charge in [0.2, 0.25) is 0 Å². The van der Waals surface area contributed by atoms with Gasteiger partial charge in [-0.3, -0.25) is 0 Å². The highest BCUT2D eigenvalue weighted by Gasteiger charge is 2.11. The molecular formula is C18H18ClNS. The minimum atomic E-state index is 0.311. The van der Waals surface area contributed by atoms with Gasteiger partial charge in [0.25, 0.3) is 0 Å². The van der Waals surface area contributed by atoms with Crippen LogP contribution in [0, 0.1) is 6.92 Å². The topological polar surface area (TPSA) is 12.0 Å². The summed E-state index contributed by atoms with van der Waals surface area (Å²) in [6.45, 7) is 5.11. The lowest BCUT2D eigenvalue weighted by atomic mass is 10.1. The zero-order chi connectivity index (χ0) is 14.8. The second-order valence-electron chi connectivity index (χ2n) is 5.35. The molecule has 3 aromatic rings. The van der Waals surface area contributed by atoms with Crippen LogP contribution in [-0.2, 0) is 6.54 Å². The number of rotatable bonds is 4. The fourth-order valence-corrected chi connectivity index (χ4v) is 3.93. The van der Waals surface area contributed by atoms with E-state index in [1.54, 1.807) is 11.3 Å². The molecular weight excluding hydrogens is 298 g/mol. The predicted octanol–water partition coefficient (Wildman–Crippen LogP) is 5.71. The molecule has 0 radical (unpaired) electrons. The van der Waals surface area contributed by atoms with Crippen molar-refractivity contribution in [1.82, 2.24) is 5.32 Å². The summed E-state index contributed by atoms with van der Waals surface area (Å²) >= 11 is 8.25. The number of nitrogens with one attached hydrogen (secondary N) is 1. The smallest absolute Gasteiger partial charge is 0.0636 e. The third-order valence-electron chi connectivity index (χ3n) is 3.71. The van der Waals surface area contributed by atoms with Crippen molar-refractivity contribution in [3.05, 3.63) is 69.6 Å². The van der Waals surface area contributed by atoms with Crippen LogP contribution in [0.15, 0.2) is 48.5 Å². The Hall–Kier alpha value is -1.35. The van der Waals surface area contributed by atoms with Gasteiger partial charge in [0.15, 0.2) is 0 Å². The van der Waals surface area contributed by atoms with Gasteiger partial charge < -0.3 is 5.32 Å². The number of hydrogen-bond donors (Lipinski definition) is 1. The lowest BCUT2D eigenvalue weighted by molar-refractivity contribution is 0.579. The van der Waals surface area contributed by atoms with E-state index in [2.05, 4.69) is 61.6 Å². The standard InChI is InChI=1S/C18H18ClNS/c1-12-6-5-7-14(10-12)13(2)20-11-17-18(19)15-8-3-4-9-16(15)21-17/h3-10,13,20H,11H2,1-2H3/t13-/m1/s1. The van der Waals surface area contributed by atoms with Gasteiger partial charge in [-0.05, 0) is 25.5 Å². The zero-order valence-corrected chi connectivity index (χ0v) is 13.8. The molecule has 0 saturated heterocycles. The zero-order valence-electron chi connectivity index (χ0n) is 12.2. The largest absolute Gasteiger partial charge is 0.305 e. The fourth-order valence-electron chi connectivity index (χ4n) is 2.48. The van der Waals surface area contributed by atoms with Crippen LogP contribution in [0.3, 0.4) is 0 Å². The molecule has 2 aromatic carbocycles. The second-order valence-corrected chi connectivity index (χ2v) is 6.87. The number of thiophene rings is 1. The molecule has 1 nitrogen and oxygen atoms in total. The second kappa shape index (κ2) is 6.18. The van der Waals surface area contributed by atoms with Crippen molar-refractivity contribution >= 4 is 33.0 Å². The molecule has 3 rings (SSSR count). The van der Waals surface area contributed by atoms with Crippen molar-refractivity contribution in [1.29, 1.82) is 0 Å². The Balaban J connectivity index is 1.75. The number of aryl methyl sites for hydroxylation is 1. The van der Waals surface area contributed by atoms with E-state index in [4.69, 9.17) is 11.6 Å². The quantitative estimate of drug-likeness (QED) is 0.650. The van der Waals surface area contributed by atoms with Crippen LogP contribution in [0.4, 0.5) is 0 Å². The van der Waals surface area contributed by atoms with E-state index < -0.39 is 0 Å². The first-order chi connectivity index (χ1) is 10.1. The lowest BCUT2D eigenvalue weighted by Crippen LogP contribution is -2.17. The molecule has 1 atom stereocenters. The SMILES string of the molecule is Cc1cccc([C@@H](C)NCc2sc3ccccc3c2Cl)c1. The summed E-state index contributed by atoms with van der Waals surface area (Å²) in [6, 6.07) is 17.2. The van der Waals surface area contributed by atoms with Gasteiger partial charge in [0.1, 0.15) is 0 Å². The molecule has 21 heavy (non-hydrogen) atoms. The molecule has 0 aliphatic heterocycles. The van der Waals surface area contributed by atoms with Crippen LogP contribution in [0.5, 0.6) is 0 Å². The minimum absolute atomic E-state index is 0.311. The van der Waals surface area contributed by atoms with Crippen LogP contribution in [0.2, 0.25) is 5.02 Å². The molecule has 0 saturated carbocycles. The molecule has 0 fully saturated rings. The van der Waals surface area contributed by atoms with Gasteiger partial charge in [0.05, 0.1) is 5.02 Å². The van der Waals surface area contributed by atoms with Crippen molar-refractivity contribution < 1.29 is 0 Å². The molecule has 108 valence electrons. The molecule has 1 aromatic heterocycles. The molecule has 0 amide bonds. The maximum Gasteiger partial charge on any atom is 0.0636 e. The first kappa shape index (κ1) is 14.6. The molecule has 0 unspecified atom stereocenters. The Morgan fingerprint density at radius 1 is 1.14 bits per heavy atom. The van der Waals surface area contributed by atoms with Gasteiger partial charge >= 0.3 is 0 Å². The van der Waals surface area contributed by atoms with Crippen LogP contribution in [0.25, 0.3) is 10.1 Å². The maximum atomic E-state index is 6.48. The van der Waals surface area contributed by atoms with Crippen molar-refractivity contribution in [2.75, 3.05) is 0 Å². The van der Waals surface area contributed by atoms with E-state index in [0.717, 1.165) is 17.0 Å². The Bertz CT molecular complexity index is 763. The summed E-state index contributed by atoms with van der Waals surface area (Å²) < 4.78 is 1.25. The highest BCUT2D eigenvalue weighted by atomic mass is 35.5. The Morgan fingerprint density at radius 3 is 2.71 bits per heavy atom. The summed E-state index contributed by atoms with van der Waals surface area (Å²) in [5.74, 6) is 0. The van der Waals surface area contributed by atoms with Crippen LogP contribution in [0.1, 0.15) is 29.0 Å². The van der Waals surface area contributed by atoms with Gasteiger partial charge in [-0.2, -0.15) is 0 Å². The van der Waals surface area contributed by atoms with Gasteiger partial charge in [-0.15, -0.1) is 11.3 Å². The molecule has 0 bridgehead atoms. The average Bonchev–Trinajstić information content (AvgIpc) is 2.82. The van der Waals surface area contributed by atoms with Crippen molar-refractivity contribution in [3.63, 3.8) is 0 Å². The van der Waals surface area contributed by atoms with E-state index in [-0.39, 0.29) is 0 Å². The molecule has 0 aliphatic rings. The summed E-state index contributed by atoms with van der Waals surface area (Å²) in [7, 11) is 0. The predicted molar refractivity (Wildman–Crippen MR) is 93.3 cm³/mol. The van der Waals surface area contributed by atoms with Gasteiger partial charge in [-0.25, -0.2) is 0 Å². The summed E-state index contributed by atoms with van der Waals surface area (Å²) in [5.41, 5.74) is 2.60. The molecule has 0 aliphatic carbocycles. The summed E-state index contributed by atoms with van der Waals surface area (Å²) in [4.78, 5) is 1.21. The van der Waals surface area contributed by atoms with Gasteiger partial charge in [0, 0.05) is 27.5 Å². The monoisotopic (exact) mass is 315 g/mol. The van der Waals surface area contributed by atoms with E-state index in [1.165, 1.54) is 20.7 Å².